The predicted molar refractivity (Wildman–Crippen MR) is 126 cm³/mol. The number of hydrogen-bond donors (Lipinski definition) is 2. The van der Waals surface area contributed by atoms with Gasteiger partial charge in [-0.05, 0) is 65.8 Å². The third-order valence-electron chi connectivity index (χ3n) is 7.33. The Kier molecular flexibility index (Phi) is 5.40. The molecule has 3 aromatic rings. The third kappa shape index (κ3) is 3.84. The van der Waals surface area contributed by atoms with Gasteiger partial charge in [0.15, 0.2) is 0 Å². The molecular formula is C26H30N4O3. The lowest BCUT2D eigenvalue weighted by Crippen LogP contribution is -2.41. The van der Waals surface area contributed by atoms with Gasteiger partial charge in [0.1, 0.15) is 5.65 Å². The van der Waals surface area contributed by atoms with Crippen LogP contribution in [0.5, 0.6) is 0 Å². The monoisotopic (exact) mass is 446 g/mol. The van der Waals surface area contributed by atoms with Crippen LogP contribution in [0.1, 0.15) is 34.7 Å². The minimum atomic E-state index is 0.00536. The van der Waals surface area contributed by atoms with Crippen molar-refractivity contribution in [1.82, 2.24) is 20.2 Å². The van der Waals surface area contributed by atoms with E-state index in [1.807, 2.05) is 17.3 Å². The average Bonchev–Trinajstić information content (AvgIpc) is 3.53. The molecule has 0 aliphatic carbocycles. The molecule has 1 amide bonds. The zero-order chi connectivity index (χ0) is 22.4. The zero-order valence-electron chi connectivity index (χ0n) is 19.0. The molecule has 3 aliphatic heterocycles. The SMILES string of the molecule is Cc1c[nH]c2ncc(-c3cc4c(c([C@@H]5COCCN5)c3)CCN(C(=O)C3CCOC3)C4)cc12. The molecule has 2 saturated heterocycles. The minimum Gasteiger partial charge on any atom is -0.381 e. The summed E-state index contributed by atoms with van der Waals surface area (Å²) in [6.45, 7) is 7.03. The molecule has 5 heterocycles. The van der Waals surface area contributed by atoms with Crippen molar-refractivity contribution in [2.75, 3.05) is 39.5 Å². The van der Waals surface area contributed by atoms with Crippen LogP contribution in [-0.4, -0.2) is 60.3 Å². The van der Waals surface area contributed by atoms with E-state index in [1.165, 1.54) is 22.3 Å². The molecule has 0 radical (unpaired) electrons. The van der Waals surface area contributed by atoms with E-state index in [0.717, 1.165) is 54.7 Å². The number of H-pyrrole nitrogens is 1. The summed E-state index contributed by atoms with van der Waals surface area (Å²) < 4.78 is 11.3. The fraction of sp³-hybridized carbons (Fsp3) is 0.462. The molecule has 1 aromatic carbocycles. The van der Waals surface area contributed by atoms with Crippen LogP contribution in [-0.2, 0) is 27.2 Å². The van der Waals surface area contributed by atoms with E-state index in [0.29, 0.717) is 26.4 Å². The average molecular weight is 447 g/mol. The van der Waals surface area contributed by atoms with Gasteiger partial charge < -0.3 is 24.7 Å². The van der Waals surface area contributed by atoms with Crippen LogP contribution in [0.4, 0.5) is 0 Å². The highest BCUT2D eigenvalue weighted by Crippen LogP contribution is 2.35. The summed E-state index contributed by atoms with van der Waals surface area (Å²) >= 11 is 0. The Bertz CT molecular complexity index is 1190. The fourth-order valence-electron chi connectivity index (χ4n) is 5.44. The number of amides is 1. The highest BCUT2D eigenvalue weighted by molar-refractivity contribution is 5.85. The molecule has 0 bridgehead atoms. The molecule has 2 atom stereocenters. The Labute approximate surface area is 193 Å². The molecule has 7 nitrogen and oxygen atoms in total. The minimum absolute atomic E-state index is 0.00536. The van der Waals surface area contributed by atoms with E-state index in [-0.39, 0.29) is 17.9 Å². The van der Waals surface area contributed by atoms with Crippen molar-refractivity contribution >= 4 is 16.9 Å². The number of fused-ring (bicyclic) bond motifs is 2. The number of morpholine rings is 1. The summed E-state index contributed by atoms with van der Waals surface area (Å²) in [6.07, 6.45) is 5.64. The molecule has 6 rings (SSSR count). The molecule has 3 aliphatic rings. The molecule has 0 spiro atoms. The summed E-state index contributed by atoms with van der Waals surface area (Å²) in [6, 6.07) is 6.95. The molecule has 2 aromatic heterocycles. The lowest BCUT2D eigenvalue weighted by molar-refractivity contribution is -0.136. The number of hydrogen-bond acceptors (Lipinski definition) is 5. The Hall–Kier alpha value is -2.74. The molecule has 2 fully saturated rings. The first-order valence-electron chi connectivity index (χ1n) is 11.9. The second kappa shape index (κ2) is 8.56. The van der Waals surface area contributed by atoms with Crippen LogP contribution in [0.25, 0.3) is 22.2 Å². The first kappa shape index (κ1) is 20.8. The van der Waals surface area contributed by atoms with Gasteiger partial charge in [0, 0.05) is 49.6 Å². The third-order valence-corrected chi connectivity index (χ3v) is 7.33. The quantitative estimate of drug-likeness (QED) is 0.646. The second-order valence-corrected chi connectivity index (χ2v) is 9.45. The maximum absolute atomic E-state index is 13.1. The van der Waals surface area contributed by atoms with Crippen molar-refractivity contribution in [2.24, 2.45) is 5.92 Å². The molecule has 2 N–H and O–H groups in total. The van der Waals surface area contributed by atoms with Crippen molar-refractivity contribution in [3.8, 4) is 11.1 Å². The number of ether oxygens (including phenoxy) is 2. The molecule has 172 valence electrons. The van der Waals surface area contributed by atoms with Gasteiger partial charge in [-0.15, -0.1) is 0 Å². The van der Waals surface area contributed by atoms with Gasteiger partial charge in [0.05, 0.1) is 31.8 Å². The normalized spacial score (nSPS) is 23.1. The fourth-order valence-corrected chi connectivity index (χ4v) is 5.44. The number of pyridine rings is 1. The maximum atomic E-state index is 13.1. The lowest BCUT2D eigenvalue weighted by atomic mass is 9.86. The lowest BCUT2D eigenvalue weighted by Gasteiger charge is -2.34. The number of nitrogens with zero attached hydrogens (tertiary/aromatic N) is 2. The van der Waals surface area contributed by atoms with Crippen molar-refractivity contribution in [3.63, 3.8) is 0 Å². The van der Waals surface area contributed by atoms with E-state index in [2.05, 4.69) is 40.4 Å². The predicted octanol–water partition coefficient (Wildman–Crippen LogP) is 3.12. The number of benzene rings is 1. The van der Waals surface area contributed by atoms with Crippen LogP contribution in [0, 0.1) is 12.8 Å². The number of aromatic nitrogens is 2. The van der Waals surface area contributed by atoms with Crippen molar-refractivity contribution in [2.45, 2.75) is 32.4 Å². The first-order valence-corrected chi connectivity index (χ1v) is 11.9. The van der Waals surface area contributed by atoms with Gasteiger partial charge in [-0.1, -0.05) is 0 Å². The molecule has 1 unspecified atom stereocenters. The van der Waals surface area contributed by atoms with E-state index in [9.17, 15) is 4.79 Å². The van der Waals surface area contributed by atoms with Gasteiger partial charge >= 0.3 is 0 Å². The number of carbonyl (C=O) groups is 1. The van der Waals surface area contributed by atoms with Crippen molar-refractivity contribution < 1.29 is 14.3 Å². The van der Waals surface area contributed by atoms with Crippen LogP contribution < -0.4 is 5.32 Å². The summed E-state index contributed by atoms with van der Waals surface area (Å²) in [7, 11) is 0. The first-order chi connectivity index (χ1) is 16.2. The largest absolute Gasteiger partial charge is 0.381 e. The number of rotatable bonds is 3. The number of nitrogens with one attached hydrogen (secondary N) is 2. The smallest absolute Gasteiger partial charge is 0.228 e. The number of aryl methyl sites for hydroxylation is 1. The van der Waals surface area contributed by atoms with Crippen LogP contribution >= 0.6 is 0 Å². The van der Waals surface area contributed by atoms with Crippen LogP contribution in [0.3, 0.4) is 0 Å². The molecular weight excluding hydrogens is 416 g/mol. The number of carbonyl (C=O) groups excluding carboxylic acids is 1. The van der Waals surface area contributed by atoms with Crippen molar-refractivity contribution in [1.29, 1.82) is 0 Å². The van der Waals surface area contributed by atoms with Gasteiger partial charge in [0.25, 0.3) is 0 Å². The Morgan fingerprint density at radius 2 is 2.06 bits per heavy atom. The van der Waals surface area contributed by atoms with Gasteiger partial charge in [-0.25, -0.2) is 4.98 Å². The van der Waals surface area contributed by atoms with Gasteiger partial charge in [0.2, 0.25) is 5.91 Å². The topological polar surface area (TPSA) is 79.5 Å². The van der Waals surface area contributed by atoms with E-state index >= 15 is 0 Å². The molecule has 0 saturated carbocycles. The second-order valence-electron chi connectivity index (χ2n) is 9.45. The Morgan fingerprint density at radius 1 is 1.15 bits per heavy atom. The summed E-state index contributed by atoms with van der Waals surface area (Å²) in [4.78, 5) is 23.0. The molecule has 7 heteroatoms. The number of aromatic amines is 1. The van der Waals surface area contributed by atoms with E-state index in [4.69, 9.17) is 9.47 Å². The van der Waals surface area contributed by atoms with Crippen LogP contribution in [0.2, 0.25) is 0 Å². The maximum Gasteiger partial charge on any atom is 0.228 e. The summed E-state index contributed by atoms with van der Waals surface area (Å²) in [5, 5.41) is 4.78. The standard InChI is InChI=1S/C26H30N4O3/c1-16-11-28-25-22(16)10-19(12-29-25)18-8-20-13-30(26(31)17-3-6-32-14-17)5-2-21(20)23(9-18)24-15-33-7-4-27-24/h8-12,17,24,27H,2-7,13-15H2,1H3,(H,28,29)/t17?,24-/m0/s1. The van der Waals surface area contributed by atoms with E-state index < -0.39 is 0 Å². The Balaban J connectivity index is 1.40. The van der Waals surface area contributed by atoms with Crippen molar-refractivity contribution in [3.05, 3.63) is 52.8 Å². The summed E-state index contributed by atoms with van der Waals surface area (Å²) in [5.41, 5.74) is 8.23. The highest BCUT2D eigenvalue weighted by Gasteiger charge is 2.32. The molecule has 33 heavy (non-hydrogen) atoms. The zero-order valence-corrected chi connectivity index (χ0v) is 19.0. The van der Waals surface area contributed by atoms with Crippen LogP contribution in [0.15, 0.2) is 30.6 Å². The van der Waals surface area contributed by atoms with Gasteiger partial charge in [-0.3, -0.25) is 4.79 Å². The van der Waals surface area contributed by atoms with E-state index in [1.54, 1.807) is 0 Å². The highest BCUT2D eigenvalue weighted by atomic mass is 16.5. The summed E-state index contributed by atoms with van der Waals surface area (Å²) in [5.74, 6) is 0.237. The van der Waals surface area contributed by atoms with Gasteiger partial charge in [-0.2, -0.15) is 0 Å². The Morgan fingerprint density at radius 3 is 2.88 bits per heavy atom.